The van der Waals surface area contributed by atoms with Crippen LogP contribution in [0.5, 0.6) is 0 Å². The van der Waals surface area contributed by atoms with Gasteiger partial charge in [-0.1, -0.05) is 45.0 Å². The predicted octanol–water partition coefficient (Wildman–Crippen LogP) is 3.64. The van der Waals surface area contributed by atoms with Gasteiger partial charge in [-0.15, -0.1) is 0 Å². The summed E-state index contributed by atoms with van der Waals surface area (Å²) >= 11 is 0. The highest BCUT2D eigenvalue weighted by atomic mass is 16.5. The average molecular weight is 344 g/mol. The number of β-amino-alcohol motifs (C(OH)–C–C–N with tert-alkyl or cyclic N) is 1. The van der Waals surface area contributed by atoms with E-state index in [1.54, 1.807) is 0 Å². The van der Waals surface area contributed by atoms with Gasteiger partial charge in [0.2, 0.25) is 0 Å². The highest BCUT2D eigenvalue weighted by molar-refractivity contribution is 5.29. The molecule has 0 unspecified atom stereocenters. The Morgan fingerprint density at radius 3 is 2.68 bits per heavy atom. The van der Waals surface area contributed by atoms with E-state index in [0.717, 1.165) is 25.4 Å². The second-order valence-corrected chi connectivity index (χ2v) is 9.34. The average Bonchev–Trinajstić information content (AvgIpc) is 2.93. The zero-order valence-electron chi connectivity index (χ0n) is 16.0. The molecule has 1 aliphatic heterocycles. The van der Waals surface area contributed by atoms with E-state index in [2.05, 4.69) is 49.9 Å². The molecule has 0 saturated heterocycles. The molecule has 1 aromatic rings. The van der Waals surface area contributed by atoms with E-state index in [9.17, 15) is 5.11 Å². The second kappa shape index (κ2) is 6.37. The van der Waals surface area contributed by atoms with Crippen molar-refractivity contribution in [3.05, 3.63) is 35.4 Å². The van der Waals surface area contributed by atoms with E-state index in [4.69, 9.17) is 4.74 Å². The number of fused-ring (bicyclic) bond motifs is 3. The quantitative estimate of drug-likeness (QED) is 0.886. The van der Waals surface area contributed by atoms with Gasteiger partial charge in [-0.3, -0.25) is 4.90 Å². The van der Waals surface area contributed by atoms with Gasteiger partial charge in [0.1, 0.15) is 0 Å². The molecule has 1 aromatic carbocycles. The number of hydrogen-bond donors (Lipinski definition) is 1. The van der Waals surface area contributed by atoms with Crippen LogP contribution in [0.4, 0.5) is 0 Å². The van der Waals surface area contributed by atoms with Gasteiger partial charge in [0.05, 0.1) is 18.8 Å². The van der Waals surface area contributed by atoms with Gasteiger partial charge in [-0.2, -0.15) is 0 Å². The van der Waals surface area contributed by atoms with Crippen molar-refractivity contribution in [2.24, 2.45) is 16.7 Å². The van der Waals surface area contributed by atoms with Crippen molar-refractivity contribution in [1.82, 2.24) is 4.90 Å². The zero-order chi connectivity index (χ0) is 17.7. The maximum absolute atomic E-state index is 10.5. The highest BCUT2D eigenvalue weighted by Crippen LogP contribution is 2.66. The summed E-state index contributed by atoms with van der Waals surface area (Å²) in [5.74, 6) is 0.790. The molecule has 2 aliphatic carbocycles. The predicted molar refractivity (Wildman–Crippen MR) is 100 cm³/mol. The van der Waals surface area contributed by atoms with Crippen LogP contribution in [0.3, 0.4) is 0 Å². The molecule has 3 nitrogen and oxygen atoms in total. The highest BCUT2D eigenvalue weighted by Gasteiger charge is 2.61. The van der Waals surface area contributed by atoms with Crippen LogP contribution in [-0.4, -0.2) is 41.9 Å². The molecule has 1 N–H and O–H groups in total. The number of rotatable bonds is 5. The molecule has 0 aromatic heterocycles. The summed E-state index contributed by atoms with van der Waals surface area (Å²) in [7, 11) is 0. The van der Waals surface area contributed by atoms with Gasteiger partial charge < -0.3 is 9.84 Å². The first-order valence-electron chi connectivity index (χ1n) is 9.99. The van der Waals surface area contributed by atoms with Gasteiger partial charge in [0, 0.05) is 19.6 Å². The fourth-order valence-electron chi connectivity index (χ4n) is 5.67. The third kappa shape index (κ3) is 2.94. The lowest BCUT2D eigenvalue weighted by atomic mass is 9.70. The van der Waals surface area contributed by atoms with Crippen molar-refractivity contribution in [2.45, 2.75) is 65.2 Å². The molecule has 4 atom stereocenters. The normalized spacial score (nSPS) is 34.9. The Balaban J connectivity index is 1.29. The van der Waals surface area contributed by atoms with Crippen molar-refractivity contribution in [2.75, 3.05) is 19.7 Å². The van der Waals surface area contributed by atoms with E-state index in [1.165, 1.54) is 30.4 Å². The Morgan fingerprint density at radius 1 is 1.24 bits per heavy atom. The zero-order valence-corrected chi connectivity index (χ0v) is 16.0. The number of ether oxygens (including phenoxy) is 1. The minimum absolute atomic E-state index is 0.279. The first-order valence-corrected chi connectivity index (χ1v) is 9.99. The van der Waals surface area contributed by atoms with E-state index < -0.39 is 6.10 Å². The van der Waals surface area contributed by atoms with Crippen molar-refractivity contribution >= 4 is 0 Å². The van der Waals surface area contributed by atoms with E-state index in [1.807, 2.05) is 0 Å². The van der Waals surface area contributed by atoms with Crippen LogP contribution in [0, 0.1) is 16.7 Å². The Morgan fingerprint density at radius 2 is 2.00 bits per heavy atom. The van der Waals surface area contributed by atoms with Crippen LogP contribution in [-0.2, 0) is 17.7 Å². The molecule has 3 heteroatoms. The summed E-state index contributed by atoms with van der Waals surface area (Å²) in [4.78, 5) is 2.36. The fourth-order valence-corrected chi connectivity index (χ4v) is 5.67. The second-order valence-electron chi connectivity index (χ2n) is 9.34. The molecule has 0 amide bonds. The summed E-state index contributed by atoms with van der Waals surface area (Å²) in [5, 5.41) is 10.5. The molecular weight excluding hydrogens is 310 g/mol. The summed E-state index contributed by atoms with van der Waals surface area (Å²) in [6, 6.07) is 8.67. The summed E-state index contributed by atoms with van der Waals surface area (Å²) in [6.07, 6.45) is 4.80. The largest absolute Gasteiger partial charge is 0.389 e. The first-order chi connectivity index (χ1) is 11.9. The fraction of sp³-hybridized carbons (Fsp3) is 0.727. The Bertz CT molecular complexity index is 628. The van der Waals surface area contributed by atoms with Crippen molar-refractivity contribution in [1.29, 1.82) is 0 Å². The topological polar surface area (TPSA) is 32.7 Å². The van der Waals surface area contributed by atoms with Crippen molar-refractivity contribution < 1.29 is 9.84 Å². The molecular formula is C22H33NO2. The van der Waals surface area contributed by atoms with Gasteiger partial charge >= 0.3 is 0 Å². The summed E-state index contributed by atoms with van der Waals surface area (Å²) in [6.45, 7) is 10.4. The molecule has 4 rings (SSSR count). The molecule has 0 radical (unpaired) electrons. The molecule has 1 heterocycles. The molecule has 2 saturated carbocycles. The van der Waals surface area contributed by atoms with Crippen LogP contribution < -0.4 is 0 Å². The first kappa shape index (κ1) is 17.5. The molecule has 3 aliphatic rings. The third-order valence-corrected chi connectivity index (χ3v) is 7.88. The van der Waals surface area contributed by atoms with Crippen LogP contribution in [0.2, 0.25) is 0 Å². The maximum Gasteiger partial charge on any atom is 0.0900 e. The minimum Gasteiger partial charge on any atom is -0.389 e. The van der Waals surface area contributed by atoms with Crippen molar-refractivity contribution in [3.63, 3.8) is 0 Å². The number of nitrogens with zero attached hydrogens (tertiary/aromatic N) is 1. The van der Waals surface area contributed by atoms with Gasteiger partial charge in [0.15, 0.2) is 0 Å². The molecule has 138 valence electrons. The number of hydrogen-bond acceptors (Lipinski definition) is 3. The molecule has 25 heavy (non-hydrogen) atoms. The third-order valence-electron chi connectivity index (χ3n) is 7.88. The smallest absolute Gasteiger partial charge is 0.0900 e. The van der Waals surface area contributed by atoms with E-state index in [-0.39, 0.29) is 5.41 Å². The number of benzene rings is 1. The number of aliphatic hydroxyl groups excluding tert-OH is 1. The molecule has 2 bridgehead atoms. The summed E-state index contributed by atoms with van der Waals surface area (Å²) < 4.78 is 6.27. The lowest BCUT2D eigenvalue weighted by Gasteiger charge is -2.39. The molecule has 2 fully saturated rings. The molecule has 0 spiro atoms. The van der Waals surface area contributed by atoms with E-state index >= 15 is 0 Å². The Kier molecular flexibility index (Phi) is 4.46. The monoisotopic (exact) mass is 343 g/mol. The van der Waals surface area contributed by atoms with Crippen LogP contribution in [0.1, 0.15) is 51.2 Å². The van der Waals surface area contributed by atoms with Crippen LogP contribution in [0.25, 0.3) is 0 Å². The lowest BCUT2D eigenvalue weighted by molar-refractivity contribution is -0.0798. The standard InChI is InChI=1S/C22H33NO2/c1-21(2)18-8-10-22(21,3)20(12-18)25-15-19(24)14-23-11-9-16-6-4-5-7-17(16)13-23/h4-7,18-20,24H,8-15H2,1-3H3/t18-,19-,20-,22-/m0/s1. The van der Waals surface area contributed by atoms with Gasteiger partial charge in [-0.05, 0) is 53.6 Å². The van der Waals surface area contributed by atoms with Crippen molar-refractivity contribution in [3.8, 4) is 0 Å². The lowest BCUT2D eigenvalue weighted by Crippen LogP contribution is -2.41. The number of aliphatic hydroxyl groups is 1. The maximum atomic E-state index is 10.5. The SMILES string of the molecule is CC1(C)[C@H]2CC[C@@]1(C)[C@@H](OC[C@@H](O)CN1CCc3ccccc3C1)C2. The Labute approximate surface area is 152 Å². The van der Waals surface area contributed by atoms with Crippen LogP contribution in [0.15, 0.2) is 24.3 Å². The van der Waals surface area contributed by atoms with E-state index in [0.29, 0.717) is 24.7 Å². The summed E-state index contributed by atoms with van der Waals surface area (Å²) in [5.41, 5.74) is 3.52. The minimum atomic E-state index is -0.392. The Hall–Kier alpha value is -0.900. The van der Waals surface area contributed by atoms with Gasteiger partial charge in [-0.25, -0.2) is 0 Å². The van der Waals surface area contributed by atoms with Crippen LogP contribution >= 0.6 is 0 Å². The van der Waals surface area contributed by atoms with Gasteiger partial charge in [0.25, 0.3) is 0 Å².